The van der Waals surface area contributed by atoms with Crippen LogP contribution in [0, 0.1) is 12.3 Å². The van der Waals surface area contributed by atoms with E-state index < -0.39 is 30.8 Å². The van der Waals surface area contributed by atoms with Gasteiger partial charge in [-0.2, -0.15) is 13.2 Å². The lowest BCUT2D eigenvalue weighted by molar-refractivity contribution is -0.140. The lowest BCUT2D eigenvalue weighted by Gasteiger charge is -2.24. The van der Waals surface area contributed by atoms with Crippen LogP contribution in [0.25, 0.3) is 0 Å². The lowest BCUT2D eigenvalue weighted by atomic mass is 10.2. The summed E-state index contributed by atoms with van der Waals surface area (Å²) in [5.74, 6) is 0.625. The fraction of sp³-hybridized carbons (Fsp3) is 0.600. The molecule has 102 valence electrons. The Kier molecular flexibility index (Phi) is 6.02. The van der Waals surface area contributed by atoms with Gasteiger partial charge < -0.3 is 15.3 Å². The number of alkyl halides is 3. The molecule has 0 aromatic carbocycles. The van der Waals surface area contributed by atoms with Crippen molar-refractivity contribution in [2.24, 2.45) is 0 Å². The second kappa shape index (κ2) is 6.74. The minimum atomic E-state index is -4.54. The molecule has 0 aromatic rings. The topological polar surface area (TPSA) is 69.6 Å². The van der Waals surface area contributed by atoms with Gasteiger partial charge in [-0.1, -0.05) is 0 Å². The third kappa shape index (κ3) is 5.98. The van der Waals surface area contributed by atoms with Crippen molar-refractivity contribution in [3.8, 4) is 12.3 Å². The predicted octanol–water partition coefficient (Wildman–Crippen LogP) is 1.06. The van der Waals surface area contributed by atoms with E-state index in [9.17, 15) is 22.8 Å². The van der Waals surface area contributed by atoms with E-state index >= 15 is 0 Å². The van der Waals surface area contributed by atoms with Crippen LogP contribution in [-0.2, 0) is 4.79 Å². The van der Waals surface area contributed by atoms with E-state index in [2.05, 4.69) is 0 Å². The van der Waals surface area contributed by atoms with Gasteiger partial charge in [0.15, 0.2) is 0 Å². The molecule has 0 aliphatic heterocycles. The standard InChI is InChI=1S/C10H13F3N2O3/c1-3-5-7(8(16)17)14-9(18)15(4-2)6-10(11,12)13/h1,7H,4-6H2,2H3,(H,14,18)(H,16,17). The second-order valence-corrected chi connectivity index (χ2v) is 3.38. The molecule has 5 nitrogen and oxygen atoms in total. The van der Waals surface area contributed by atoms with Crippen molar-refractivity contribution >= 4 is 12.0 Å². The molecule has 18 heavy (non-hydrogen) atoms. The molecule has 2 N–H and O–H groups in total. The first-order valence-corrected chi connectivity index (χ1v) is 4.99. The molecule has 0 aliphatic carbocycles. The third-order valence-electron chi connectivity index (χ3n) is 1.96. The van der Waals surface area contributed by atoms with E-state index in [1.54, 1.807) is 0 Å². The fourth-order valence-electron chi connectivity index (χ4n) is 1.10. The largest absolute Gasteiger partial charge is 0.480 e. The summed E-state index contributed by atoms with van der Waals surface area (Å²) >= 11 is 0. The van der Waals surface area contributed by atoms with E-state index in [1.807, 2.05) is 11.2 Å². The monoisotopic (exact) mass is 266 g/mol. The van der Waals surface area contributed by atoms with Gasteiger partial charge in [0.1, 0.15) is 12.6 Å². The zero-order chi connectivity index (χ0) is 14.3. The van der Waals surface area contributed by atoms with Crippen molar-refractivity contribution in [3.05, 3.63) is 0 Å². The van der Waals surface area contributed by atoms with E-state index in [0.717, 1.165) is 0 Å². The van der Waals surface area contributed by atoms with Gasteiger partial charge in [0, 0.05) is 13.0 Å². The lowest BCUT2D eigenvalue weighted by Crippen LogP contribution is -2.50. The van der Waals surface area contributed by atoms with Gasteiger partial charge in [-0.25, -0.2) is 9.59 Å². The van der Waals surface area contributed by atoms with E-state index in [4.69, 9.17) is 11.5 Å². The van der Waals surface area contributed by atoms with Gasteiger partial charge in [0.2, 0.25) is 0 Å². The molecule has 0 fully saturated rings. The Bertz CT molecular complexity index is 349. The number of hydrogen-bond acceptors (Lipinski definition) is 2. The summed E-state index contributed by atoms with van der Waals surface area (Å²) in [6, 6.07) is -2.51. The average Bonchev–Trinajstić information content (AvgIpc) is 2.23. The minimum absolute atomic E-state index is 0.201. The molecule has 0 radical (unpaired) electrons. The number of carboxylic acids is 1. The van der Waals surface area contributed by atoms with Crippen LogP contribution in [0.2, 0.25) is 0 Å². The number of urea groups is 1. The van der Waals surface area contributed by atoms with Crippen molar-refractivity contribution in [2.45, 2.75) is 25.6 Å². The Balaban J connectivity index is 4.61. The van der Waals surface area contributed by atoms with Crippen molar-refractivity contribution in [3.63, 3.8) is 0 Å². The van der Waals surface area contributed by atoms with E-state index in [-0.39, 0.29) is 13.0 Å². The summed E-state index contributed by atoms with van der Waals surface area (Å²) in [4.78, 5) is 22.5. The van der Waals surface area contributed by atoms with Gasteiger partial charge in [-0.15, -0.1) is 12.3 Å². The molecule has 0 spiro atoms. The SMILES string of the molecule is C#CCC(NC(=O)N(CC)CC(F)(F)F)C(=O)O. The van der Waals surface area contributed by atoms with Gasteiger partial charge in [0.25, 0.3) is 0 Å². The smallest absolute Gasteiger partial charge is 0.406 e. The maximum atomic E-state index is 12.1. The molecule has 0 aromatic heterocycles. The molecule has 0 aliphatic rings. The van der Waals surface area contributed by atoms with Crippen molar-refractivity contribution in [2.75, 3.05) is 13.1 Å². The van der Waals surface area contributed by atoms with E-state index in [0.29, 0.717) is 4.90 Å². The van der Waals surface area contributed by atoms with Gasteiger partial charge in [-0.3, -0.25) is 0 Å². The number of carbonyl (C=O) groups excluding carboxylic acids is 1. The number of nitrogens with one attached hydrogen (secondary N) is 1. The van der Waals surface area contributed by atoms with Crippen LogP contribution in [0.1, 0.15) is 13.3 Å². The Hall–Kier alpha value is -1.91. The molecule has 8 heteroatoms. The Morgan fingerprint density at radius 1 is 1.50 bits per heavy atom. The highest BCUT2D eigenvalue weighted by atomic mass is 19.4. The maximum Gasteiger partial charge on any atom is 0.406 e. The second-order valence-electron chi connectivity index (χ2n) is 3.38. The first-order valence-electron chi connectivity index (χ1n) is 4.99. The molecule has 0 bridgehead atoms. The van der Waals surface area contributed by atoms with Gasteiger partial charge in [0.05, 0.1) is 0 Å². The molecule has 1 atom stereocenters. The zero-order valence-electron chi connectivity index (χ0n) is 9.62. The van der Waals surface area contributed by atoms with E-state index in [1.165, 1.54) is 6.92 Å². The number of carbonyl (C=O) groups is 2. The normalized spacial score (nSPS) is 12.4. The molecule has 2 amide bonds. The van der Waals surface area contributed by atoms with Crippen LogP contribution in [0.5, 0.6) is 0 Å². The highest BCUT2D eigenvalue weighted by molar-refractivity contribution is 5.82. The zero-order valence-corrected chi connectivity index (χ0v) is 9.62. The quantitative estimate of drug-likeness (QED) is 0.731. The summed E-state index contributed by atoms with van der Waals surface area (Å²) in [7, 11) is 0. The number of halogens is 3. The molecule has 0 heterocycles. The molecule has 0 rings (SSSR count). The minimum Gasteiger partial charge on any atom is -0.480 e. The summed E-state index contributed by atoms with van der Waals surface area (Å²) in [5.41, 5.74) is 0. The third-order valence-corrected chi connectivity index (χ3v) is 1.96. The molecular weight excluding hydrogens is 253 g/mol. The summed E-state index contributed by atoms with van der Waals surface area (Å²) in [6.45, 7) is -0.298. The average molecular weight is 266 g/mol. The van der Waals surface area contributed by atoms with Crippen LogP contribution in [0.4, 0.5) is 18.0 Å². The number of aliphatic carboxylic acids is 1. The van der Waals surface area contributed by atoms with Crippen molar-refractivity contribution < 1.29 is 27.9 Å². The van der Waals surface area contributed by atoms with Gasteiger partial charge >= 0.3 is 18.2 Å². The molecule has 0 saturated carbocycles. The molecular formula is C10H13F3N2O3. The van der Waals surface area contributed by atoms with Crippen LogP contribution in [-0.4, -0.2) is 47.3 Å². The first kappa shape index (κ1) is 16.1. The van der Waals surface area contributed by atoms with Crippen molar-refractivity contribution in [1.82, 2.24) is 10.2 Å². The van der Waals surface area contributed by atoms with Crippen LogP contribution in [0.15, 0.2) is 0 Å². The number of hydrogen-bond donors (Lipinski definition) is 2. The molecule has 0 saturated heterocycles. The summed E-state index contributed by atoms with van der Waals surface area (Å²) < 4.78 is 36.4. The summed E-state index contributed by atoms with van der Waals surface area (Å²) in [6.07, 6.45) is 0.0507. The fourth-order valence-corrected chi connectivity index (χ4v) is 1.10. The number of carboxylic acid groups (broad SMARTS) is 1. The first-order chi connectivity index (χ1) is 8.21. The number of rotatable bonds is 5. The highest BCUT2D eigenvalue weighted by Crippen LogP contribution is 2.16. The molecule has 1 unspecified atom stereocenters. The highest BCUT2D eigenvalue weighted by Gasteiger charge is 2.33. The van der Waals surface area contributed by atoms with Gasteiger partial charge in [-0.05, 0) is 6.92 Å². The van der Waals surface area contributed by atoms with Crippen LogP contribution in [0.3, 0.4) is 0 Å². The Morgan fingerprint density at radius 3 is 2.39 bits per heavy atom. The number of amides is 2. The van der Waals surface area contributed by atoms with Crippen LogP contribution < -0.4 is 5.32 Å². The maximum absolute atomic E-state index is 12.1. The Morgan fingerprint density at radius 2 is 2.06 bits per heavy atom. The summed E-state index contributed by atoms with van der Waals surface area (Å²) in [5, 5.41) is 10.6. The number of nitrogens with zero attached hydrogens (tertiary/aromatic N) is 1. The number of terminal acetylenes is 1. The predicted molar refractivity (Wildman–Crippen MR) is 56.7 cm³/mol. The van der Waals surface area contributed by atoms with Crippen molar-refractivity contribution in [1.29, 1.82) is 0 Å². The van der Waals surface area contributed by atoms with Crippen LogP contribution >= 0.6 is 0 Å². The Labute approximate surface area is 102 Å².